The van der Waals surface area contributed by atoms with Crippen LogP contribution in [-0.2, 0) is 0 Å². The van der Waals surface area contributed by atoms with Gasteiger partial charge in [-0.2, -0.15) is 0 Å². The van der Waals surface area contributed by atoms with Gasteiger partial charge in [-0.15, -0.1) is 0 Å². The summed E-state index contributed by atoms with van der Waals surface area (Å²) < 4.78 is 13.8. The second kappa shape index (κ2) is 5.53. The molecule has 0 bridgehead atoms. The molecule has 4 heteroatoms. The standard InChI is InChI=1S/C15H13BrFNO/c1-9-3-4-10(2)12(7-9)15(19)18-14-8-11(17)5-6-13(14)16/h3-8H,1-2H3,(H,18,19). The first-order chi connectivity index (χ1) is 8.97. The number of rotatable bonds is 2. The molecule has 1 N–H and O–H groups in total. The van der Waals surface area contributed by atoms with Gasteiger partial charge in [0.2, 0.25) is 0 Å². The fraction of sp³-hybridized carbons (Fsp3) is 0.133. The molecule has 0 aliphatic heterocycles. The number of aryl methyl sites for hydroxylation is 2. The van der Waals surface area contributed by atoms with E-state index >= 15 is 0 Å². The van der Waals surface area contributed by atoms with E-state index in [1.165, 1.54) is 12.1 Å². The molecule has 2 aromatic carbocycles. The van der Waals surface area contributed by atoms with E-state index in [0.29, 0.717) is 15.7 Å². The van der Waals surface area contributed by atoms with E-state index in [0.717, 1.165) is 11.1 Å². The Balaban J connectivity index is 2.30. The minimum Gasteiger partial charge on any atom is -0.321 e. The van der Waals surface area contributed by atoms with Crippen molar-refractivity contribution in [3.05, 3.63) is 63.4 Å². The van der Waals surface area contributed by atoms with Crippen LogP contribution < -0.4 is 5.32 Å². The molecule has 0 saturated heterocycles. The summed E-state index contributed by atoms with van der Waals surface area (Å²) in [7, 11) is 0. The van der Waals surface area contributed by atoms with E-state index in [2.05, 4.69) is 21.2 Å². The number of anilines is 1. The zero-order valence-corrected chi connectivity index (χ0v) is 12.2. The molecule has 0 aliphatic rings. The lowest BCUT2D eigenvalue weighted by Crippen LogP contribution is -2.14. The van der Waals surface area contributed by atoms with Gasteiger partial charge in [-0.1, -0.05) is 17.7 Å². The molecule has 0 radical (unpaired) electrons. The van der Waals surface area contributed by atoms with Gasteiger partial charge in [0.25, 0.3) is 5.91 Å². The highest BCUT2D eigenvalue weighted by atomic mass is 79.9. The Morgan fingerprint density at radius 2 is 1.89 bits per heavy atom. The van der Waals surface area contributed by atoms with E-state index in [1.54, 1.807) is 6.07 Å². The zero-order chi connectivity index (χ0) is 14.0. The Morgan fingerprint density at radius 3 is 2.63 bits per heavy atom. The van der Waals surface area contributed by atoms with Crippen LogP contribution in [0.1, 0.15) is 21.5 Å². The highest BCUT2D eigenvalue weighted by Gasteiger charge is 2.11. The van der Waals surface area contributed by atoms with Gasteiger partial charge >= 0.3 is 0 Å². The topological polar surface area (TPSA) is 29.1 Å². The number of hydrogen-bond acceptors (Lipinski definition) is 1. The summed E-state index contributed by atoms with van der Waals surface area (Å²) in [6, 6.07) is 9.84. The van der Waals surface area contributed by atoms with Crippen LogP contribution in [0.2, 0.25) is 0 Å². The first-order valence-electron chi connectivity index (χ1n) is 5.81. The number of nitrogens with one attached hydrogen (secondary N) is 1. The van der Waals surface area contributed by atoms with E-state index < -0.39 is 0 Å². The molecule has 0 unspecified atom stereocenters. The normalized spacial score (nSPS) is 10.3. The van der Waals surface area contributed by atoms with Gasteiger partial charge < -0.3 is 5.32 Å². The maximum Gasteiger partial charge on any atom is 0.255 e. The van der Waals surface area contributed by atoms with Gasteiger partial charge in [0.1, 0.15) is 5.82 Å². The first kappa shape index (κ1) is 13.7. The minimum atomic E-state index is -0.389. The third-order valence-electron chi connectivity index (χ3n) is 2.81. The number of benzene rings is 2. The first-order valence-corrected chi connectivity index (χ1v) is 6.60. The summed E-state index contributed by atoms with van der Waals surface area (Å²) >= 11 is 3.28. The lowest BCUT2D eigenvalue weighted by atomic mass is 10.1. The van der Waals surface area contributed by atoms with Crippen LogP contribution in [0, 0.1) is 19.7 Å². The highest BCUT2D eigenvalue weighted by Crippen LogP contribution is 2.24. The van der Waals surface area contributed by atoms with Crippen molar-refractivity contribution >= 4 is 27.5 Å². The Morgan fingerprint density at radius 1 is 1.16 bits per heavy atom. The molecule has 0 atom stereocenters. The van der Waals surface area contributed by atoms with Gasteiger partial charge in [0, 0.05) is 10.0 Å². The third kappa shape index (κ3) is 3.20. The largest absolute Gasteiger partial charge is 0.321 e. The molecule has 2 nitrogen and oxygen atoms in total. The molecule has 0 spiro atoms. The van der Waals surface area contributed by atoms with Crippen molar-refractivity contribution in [1.29, 1.82) is 0 Å². The fourth-order valence-corrected chi connectivity index (χ4v) is 2.11. The SMILES string of the molecule is Cc1ccc(C)c(C(=O)Nc2cc(F)ccc2Br)c1. The molecule has 1 amide bonds. The smallest absolute Gasteiger partial charge is 0.255 e. The van der Waals surface area contributed by atoms with E-state index in [-0.39, 0.29) is 11.7 Å². The predicted octanol–water partition coefficient (Wildman–Crippen LogP) is 4.46. The Hall–Kier alpha value is -1.68. The Kier molecular flexibility index (Phi) is 4.00. The maximum atomic E-state index is 13.2. The number of carbonyl (C=O) groups is 1. The van der Waals surface area contributed by atoms with Crippen LogP contribution >= 0.6 is 15.9 Å². The Bertz CT molecular complexity index is 640. The molecule has 0 heterocycles. The van der Waals surface area contributed by atoms with Crippen molar-refractivity contribution < 1.29 is 9.18 Å². The second-order valence-electron chi connectivity index (χ2n) is 4.40. The summed E-state index contributed by atoms with van der Waals surface area (Å²) in [5.41, 5.74) is 2.91. The van der Waals surface area contributed by atoms with Crippen LogP contribution in [0.15, 0.2) is 40.9 Å². The lowest BCUT2D eigenvalue weighted by molar-refractivity contribution is 0.102. The van der Waals surface area contributed by atoms with Gasteiger partial charge in [-0.25, -0.2) is 4.39 Å². The average Bonchev–Trinajstić information content (AvgIpc) is 2.36. The van der Waals surface area contributed by atoms with Crippen LogP contribution in [0.5, 0.6) is 0 Å². The number of halogens is 2. The van der Waals surface area contributed by atoms with Crippen LogP contribution in [0.4, 0.5) is 10.1 Å². The predicted molar refractivity (Wildman–Crippen MR) is 78.0 cm³/mol. The molecule has 2 rings (SSSR count). The maximum absolute atomic E-state index is 13.2. The van der Waals surface area contributed by atoms with Crippen molar-refractivity contribution in [3.8, 4) is 0 Å². The number of hydrogen-bond donors (Lipinski definition) is 1. The molecule has 0 aromatic heterocycles. The van der Waals surface area contributed by atoms with Gasteiger partial charge in [-0.05, 0) is 59.6 Å². The number of amides is 1. The van der Waals surface area contributed by atoms with Crippen LogP contribution in [0.3, 0.4) is 0 Å². The molecule has 98 valence electrons. The molecule has 19 heavy (non-hydrogen) atoms. The summed E-state index contributed by atoms with van der Waals surface area (Å²) in [6.07, 6.45) is 0. The number of carbonyl (C=O) groups excluding carboxylic acids is 1. The van der Waals surface area contributed by atoms with Crippen molar-refractivity contribution in [2.75, 3.05) is 5.32 Å². The molecule has 0 fully saturated rings. The summed E-state index contributed by atoms with van der Waals surface area (Å²) in [5.74, 6) is -0.632. The van der Waals surface area contributed by atoms with Crippen molar-refractivity contribution in [2.45, 2.75) is 13.8 Å². The molecular weight excluding hydrogens is 309 g/mol. The quantitative estimate of drug-likeness (QED) is 0.869. The second-order valence-corrected chi connectivity index (χ2v) is 5.25. The summed E-state index contributed by atoms with van der Waals surface area (Å²) in [6.45, 7) is 3.79. The molecule has 2 aromatic rings. The van der Waals surface area contributed by atoms with Crippen molar-refractivity contribution in [3.63, 3.8) is 0 Å². The van der Waals surface area contributed by atoms with Gasteiger partial charge in [-0.3, -0.25) is 4.79 Å². The van der Waals surface area contributed by atoms with Gasteiger partial charge in [0.15, 0.2) is 0 Å². The molecule has 0 aliphatic carbocycles. The Labute approximate surface area is 119 Å². The molecule has 0 saturated carbocycles. The van der Waals surface area contributed by atoms with E-state index in [1.807, 2.05) is 32.0 Å². The fourth-order valence-electron chi connectivity index (χ4n) is 1.76. The molecular formula is C15H13BrFNO. The zero-order valence-electron chi connectivity index (χ0n) is 10.6. The summed E-state index contributed by atoms with van der Waals surface area (Å²) in [5, 5.41) is 2.71. The highest BCUT2D eigenvalue weighted by molar-refractivity contribution is 9.10. The van der Waals surface area contributed by atoms with Crippen LogP contribution in [0.25, 0.3) is 0 Å². The monoisotopic (exact) mass is 321 g/mol. The van der Waals surface area contributed by atoms with Crippen molar-refractivity contribution in [2.24, 2.45) is 0 Å². The lowest BCUT2D eigenvalue weighted by Gasteiger charge is -2.10. The van der Waals surface area contributed by atoms with E-state index in [4.69, 9.17) is 0 Å². The average molecular weight is 322 g/mol. The van der Waals surface area contributed by atoms with Gasteiger partial charge in [0.05, 0.1) is 5.69 Å². The van der Waals surface area contributed by atoms with E-state index in [9.17, 15) is 9.18 Å². The third-order valence-corrected chi connectivity index (χ3v) is 3.51. The minimum absolute atomic E-state index is 0.243. The van der Waals surface area contributed by atoms with Crippen molar-refractivity contribution in [1.82, 2.24) is 0 Å². The summed E-state index contributed by atoms with van der Waals surface area (Å²) in [4.78, 5) is 12.2. The van der Waals surface area contributed by atoms with Crippen LogP contribution in [-0.4, -0.2) is 5.91 Å².